The van der Waals surface area contributed by atoms with Crippen LogP contribution in [0.25, 0.3) is 10.9 Å². The first kappa shape index (κ1) is 20.1. The van der Waals surface area contributed by atoms with Crippen molar-refractivity contribution >= 4 is 22.5 Å². The molecule has 1 aromatic carbocycles. The Morgan fingerprint density at radius 1 is 1.18 bits per heavy atom. The molecule has 154 valence electrons. The number of halogens is 3. The van der Waals surface area contributed by atoms with Crippen LogP contribution >= 0.6 is 11.6 Å². The minimum Gasteiger partial charge on any atom is -0.357 e. The Bertz CT molecular complexity index is 823. The molecule has 0 amide bonds. The van der Waals surface area contributed by atoms with E-state index in [-0.39, 0.29) is 12.8 Å². The molecule has 0 radical (unpaired) electrons. The SMILES string of the molecule is CC(C)CC1c2[nH]c3ccc(Cl)cc3c2CCN1CCN1CCC(F)(F)CC1. The first-order valence-corrected chi connectivity index (χ1v) is 10.8. The van der Waals surface area contributed by atoms with E-state index in [9.17, 15) is 8.78 Å². The van der Waals surface area contributed by atoms with Gasteiger partial charge in [0.1, 0.15) is 0 Å². The highest BCUT2D eigenvalue weighted by Crippen LogP contribution is 2.38. The quantitative estimate of drug-likeness (QED) is 0.704. The third kappa shape index (κ3) is 4.22. The Hall–Kier alpha value is -1.17. The minimum absolute atomic E-state index is 0.00462. The molecule has 3 heterocycles. The van der Waals surface area contributed by atoms with Crippen LogP contribution in [0, 0.1) is 5.92 Å². The number of alkyl halides is 2. The zero-order chi connectivity index (χ0) is 19.9. The van der Waals surface area contributed by atoms with Crippen LogP contribution in [0.2, 0.25) is 5.02 Å². The van der Waals surface area contributed by atoms with E-state index in [1.165, 1.54) is 16.6 Å². The lowest BCUT2D eigenvalue weighted by Crippen LogP contribution is -2.45. The van der Waals surface area contributed by atoms with Crippen LogP contribution in [-0.2, 0) is 6.42 Å². The van der Waals surface area contributed by atoms with Crippen molar-refractivity contribution in [3.63, 3.8) is 0 Å². The van der Waals surface area contributed by atoms with Gasteiger partial charge in [-0.25, -0.2) is 8.78 Å². The van der Waals surface area contributed by atoms with Gasteiger partial charge in [0.05, 0.1) is 6.04 Å². The number of benzene rings is 1. The van der Waals surface area contributed by atoms with Crippen molar-refractivity contribution in [2.24, 2.45) is 5.92 Å². The van der Waals surface area contributed by atoms with E-state index in [2.05, 4.69) is 40.8 Å². The summed E-state index contributed by atoms with van der Waals surface area (Å²) >= 11 is 6.24. The second-order valence-corrected chi connectivity index (χ2v) is 9.27. The van der Waals surface area contributed by atoms with E-state index in [1.807, 2.05) is 6.07 Å². The van der Waals surface area contributed by atoms with Crippen LogP contribution < -0.4 is 0 Å². The highest BCUT2D eigenvalue weighted by atomic mass is 35.5. The number of piperidine rings is 1. The number of fused-ring (bicyclic) bond motifs is 3. The molecule has 6 heteroatoms. The van der Waals surface area contributed by atoms with Gasteiger partial charge in [-0.1, -0.05) is 25.4 Å². The summed E-state index contributed by atoms with van der Waals surface area (Å²) in [7, 11) is 0. The van der Waals surface area contributed by atoms with Crippen molar-refractivity contribution < 1.29 is 8.78 Å². The zero-order valence-corrected chi connectivity index (χ0v) is 17.5. The summed E-state index contributed by atoms with van der Waals surface area (Å²) in [5, 5.41) is 2.02. The van der Waals surface area contributed by atoms with Crippen LogP contribution in [0.15, 0.2) is 18.2 Å². The Labute approximate surface area is 171 Å². The predicted octanol–water partition coefficient (Wildman–Crippen LogP) is 5.50. The van der Waals surface area contributed by atoms with Crippen LogP contribution in [0.5, 0.6) is 0 Å². The minimum atomic E-state index is -2.47. The fraction of sp³-hybridized carbons (Fsp3) is 0.636. The number of aromatic amines is 1. The average molecular weight is 410 g/mol. The highest BCUT2D eigenvalue weighted by Gasteiger charge is 2.35. The van der Waals surface area contributed by atoms with Crippen molar-refractivity contribution in [3.8, 4) is 0 Å². The molecule has 1 aromatic heterocycles. The van der Waals surface area contributed by atoms with E-state index < -0.39 is 5.92 Å². The molecule has 3 nitrogen and oxygen atoms in total. The lowest BCUT2D eigenvalue weighted by molar-refractivity contribution is -0.0567. The molecule has 0 spiro atoms. The Morgan fingerprint density at radius 2 is 1.93 bits per heavy atom. The summed E-state index contributed by atoms with van der Waals surface area (Å²) < 4.78 is 26.8. The van der Waals surface area contributed by atoms with Gasteiger partial charge < -0.3 is 9.88 Å². The predicted molar refractivity (Wildman–Crippen MR) is 111 cm³/mol. The maximum Gasteiger partial charge on any atom is 0.250 e. The topological polar surface area (TPSA) is 22.3 Å². The molecule has 2 aliphatic heterocycles. The Morgan fingerprint density at radius 3 is 2.64 bits per heavy atom. The molecule has 28 heavy (non-hydrogen) atoms. The van der Waals surface area contributed by atoms with Crippen molar-refractivity contribution in [2.45, 2.75) is 51.5 Å². The normalized spacial score (nSPS) is 23.4. The van der Waals surface area contributed by atoms with Crippen molar-refractivity contribution in [1.82, 2.24) is 14.8 Å². The maximum absolute atomic E-state index is 13.4. The molecule has 0 bridgehead atoms. The number of likely N-dealkylation sites (tertiary alicyclic amines) is 1. The molecule has 0 saturated carbocycles. The van der Waals surface area contributed by atoms with Crippen LogP contribution in [0.4, 0.5) is 8.78 Å². The van der Waals surface area contributed by atoms with E-state index in [0.29, 0.717) is 25.0 Å². The second-order valence-electron chi connectivity index (χ2n) is 8.84. The molecule has 4 rings (SSSR count). The van der Waals surface area contributed by atoms with Gasteiger partial charge in [0.25, 0.3) is 5.92 Å². The molecule has 2 aromatic rings. The molecule has 1 saturated heterocycles. The van der Waals surface area contributed by atoms with Gasteiger partial charge in [0.2, 0.25) is 0 Å². The van der Waals surface area contributed by atoms with Gasteiger partial charge in [0.15, 0.2) is 0 Å². The van der Waals surface area contributed by atoms with Gasteiger partial charge in [-0.3, -0.25) is 4.90 Å². The smallest absolute Gasteiger partial charge is 0.250 e. The molecule has 1 N–H and O–H groups in total. The lowest BCUT2D eigenvalue weighted by atomic mass is 9.91. The number of nitrogens with one attached hydrogen (secondary N) is 1. The molecule has 1 unspecified atom stereocenters. The van der Waals surface area contributed by atoms with Crippen LogP contribution in [-0.4, -0.2) is 53.4 Å². The maximum atomic E-state index is 13.4. The monoisotopic (exact) mass is 409 g/mol. The van der Waals surface area contributed by atoms with Crippen LogP contribution in [0.3, 0.4) is 0 Å². The number of hydrogen-bond acceptors (Lipinski definition) is 2. The fourth-order valence-electron chi connectivity index (χ4n) is 4.74. The first-order valence-electron chi connectivity index (χ1n) is 10.5. The third-order valence-corrected chi connectivity index (χ3v) is 6.54. The number of rotatable bonds is 5. The summed E-state index contributed by atoms with van der Waals surface area (Å²) in [5.74, 6) is -1.88. The average Bonchev–Trinajstić information content (AvgIpc) is 3.00. The molecule has 2 aliphatic rings. The standard InChI is InChI=1S/C22H30ClF2N3/c1-15(2)13-20-21-17(18-14-16(23)3-4-19(18)26-21)5-8-28(20)12-11-27-9-6-22(24,25)7-10-27/h3-4,14-15,20,26H,5-13H2,1-2H3. The summed E-state index contributed by atoms with van der Waals surface area (Å²) in [5.41, 5.74) is 3.88. The second kappa shape index (κ2) is 7.92. The van der Waals surface area contributed by atoms with Gasteiger partial charge in [0, 0.05) is 67.2 Å². The van der Waals surface area contributed by atoms with Crippen LogP contribution in [0.1, 0.15) is 50.4 Å². The van der Waals surface area contributed by atoms with Gasteiger partial charge >= 0.3 is 0 Å². The lowest BCUT2D eigenvalue weighted by Gasteiger charge is -2.39. The summed E-state index contributed by atoms with van der Waals surface area (Å²) in [6.45, 7) is 8.34. The van der Waals surface area contributed by atoms with E-state index in [4.69, 9.17) is 11.6 Å². The third-order valence-electron chi connectivity index (χ3n) is 6.31. The molecule has 1 fully saturated rings. The summed E-state index contributed by atoms with van der Waals surface area (Å²) in [6.07, 6.45) is 2.08. The fourth-order valence-corrected chi connectivity index (χ4v) is 4.92. The highest BCUT2D eigenvalue weighted by molar-refractivity contribution is 6.31. The first-order chi connectivity index (χ1) is 13.3. The molecule has 0 aliphatic carbocycles. The van der Waals surface area contributed by atoms with Crippen molar-refractivity contribution in [2.75, 3.05) is 32.7 Å². The van der Waals surface area contributed by atoms with E-state index in [0.717, 1.165) is 43.0 Å². The van der Waals surface area contributed by atoms with E-state index >= 15 is 0 Å². The number of aromatic nitrogens is 1. The van der Waals surface area contributed by atoms with Crippen molar-refractivity contribution in [1.29, 1.82) is 0 Å². The molecular formula is C22H30ClF2N3. The summed E-state index contributed by atoms with van der Waals surface area (Å²) in [4.78, 5) is 8.41. The molecular weight excluding hydrogens is 380 g/mol. The number of hydrogen-bond donors (Lipinski definition) is 1. The van der Waals surface area contributed by atoms with Gasteiger partial charge in [-0.15, -0.1) is 0 Å². The Kier molecular flexibility index (Phi) is 5.69. The summed E-state index contributed by atoms with van der Waals surface area (Å²) in [6, 6.07) is 6.43. The van der Waals surface area contributed by atoms with Gasteiger partial charge in [-0.2, -0.15) is 0 Å². The number of nitrogens with zero attached hydrogens (tertiary/aromatic N) is 2. The number of H-pyrrole nitrogens is 1. The molecule has 1 atom stereocenters. The van der Waals surface area contributed by atoms with Crippen molar-refractivity contribution in [3.05, 3.63) is 34.5 Å². The zero-order valence-electron chi connectivity index (χ0n) is 16.8. The van der Waals surface area contributed by atoms with Gasteiger partial charge in [-0.05, 0) is 42.5 Å². The van der Waals surface area contributed by atoms with E-state index in [1.54, 1.807) is 0 Å². The largest absolute Gasteiger partial charge is 0.357 e. The Balaban J connectivity index is 1.51.